The van der Waals surface area contributed by atoms with Gasteiger partial charge in [0.15, 0.2) is 0 Å². The molecule has 12 heteroatoms. The lowest BCUT2D eigenvalue weighted by molar-refractivity contribution is 0.165. The molecule has 3 aliphatic heterocycles. The van der Waals surface area contributed by atoms with E-state index in [0.29, 0.717) is 64.5 Å². The predicted octanol–water partition coefficient (Wildman–Crippen LogP) is 4.64. The number of fused-ring (bicyclic) bond motifs is 4. The predicted molar refractivity (Wildman–Crippen MR) is 163 cm³/mol. The topological polar surface area (TPSA) is 116 Å². The third-order valence-corrected chi connectivity index (χ3v) is 10.5. The van der Waals surface area contributed by atoms with Crippen LogP contribution in [0.2, 0.25) is 0 Å². The Labute approximate surface area is 251 Å². The highest BCUT2D eigenvalue weighted by Gasteiger charge is 2.46. The number of hydrogen-bond acceptors (Lipinski definition) is 10. The van der Waals surface area contributed by atoms with E-state index in [2.05, 4.69) is 21.2 Å². The van der Waals surface area contributed by atoms with Gasteiger partial charge in [-0.15, -0.1) is 11.3 Å². The van der Waals surface area contributed by atoms with Gasteiger partial charge in [0.25, 0.3) is 0 Å². The number of nitrogens with one attached hydrogen (secondary N) is 1. The molecule has 1 aromatic carbocycles. The highest BCUT2D eigenvalue weighted by Crippen LogP contribution is 2.47. The summed E-state index contributed by atoms with van der Waals surface area (Å²) in [5.41, 5.74) is 8.21. The molecule has 0 radical (unpaired) electrons. The van der Waals surface area contributed by atoms with E-state index in [1.807, 2.05) is 6.07 Å². The van der Waals surface area contributed by atoms with Crippen LogP contribution in [-0.4, -0.2) is 77.4 Å². The van der Waals surface area contributed by atoms with E-state index in [1.165, 1.54) is 6.07 Å². The third-order valence-electron chi connectivity index (χ3n) is 9.50. The lowest BCUT2D eigenvalue weighted by Crippen LogP contribution is -2.51. The van der Waals surface area contributed by atoms with Gasteiger partial charge in [-0.25, -0.2) is 8.78 Å². The molecule has 43 heavy (non-hydrogen) atoms. The number of alkyl halides is 1. The van der Waals surface area contributed by atoms with Crippen LogP contribution in [0, 0.1) is 22.6 Å². The summed E-state index contributed by atoms with van der Waals surface area (Å²) in [6.07, 6.45) is 6.00. The molecule has 9 nitrogen and oxygen atoms in total. The van der Waals surface area contributed by atoms with E-state index in [-0.39, 0.29) is 16.0 Å². The van der Waals surface area contributed by atoms with Crippen molar-refractivity contribution in [2.75, 3.05) is 50.0 Å². The third kappa shape index (κ3) is 4.83. The Morgan fingerprint density at radius 1 is 1.16 bits per heavy atom. The zero-order chi connectivity index (χ0) is 29.3. The van der Waals surface area contributed by atoms with Gasteiger partial charge in [-0.05, 0) is 50.3 Å². The normalized spacial score (nSPS) is 24.6. The van der Waals surface area contributed by atoms with Gasteiger partial charge < -0.3 is 20.7 Å². The van der Waals surface area contributed by atoms with Crippen LogP contribution in [0.15, 0.2) is 24.4 Å². The van der Waals surface area contributed by atoms with Crippen molar-refractivity contribution in [1.82, 2.24) is 25.2 Å². The summed E-state index contributed by atoms with van der Waals surface area (Å²) in [4.78, 5) is 19.1. The zero-order valence-electron chi connectivity index (χ0n) is 23.7. The minimum absolute atomic E-state index is 0.00634. The fourth-order valence-electron chi connectivity index (χ4n) is 7.07. The number of halogens is 2. The Morgan fingerprint density at radius 2 is 1.98 bits per heavy atom. The van der Waals surface area contributed by atoms with Crippen molar-refractivity contribution < 1.29 is 13.5 Å². The number of pyridine rings is 1. The van der Waals surface area contributed by atoms with Crippen molar-refractivity contribution in [3.05, 3.63) is 35.8 Å². The smallest absolute Gasteiger partial charge is 0.318 e. The number of rotatable bonds is 7. The highest BCUT2D eigenvalue weighted by atomic mass is 32.1. The van der Waals surface area contributed by atoms with Gasteiger partial charge in [0, 0.05) is 67.4 Å². The number of nitrogens with zero attached hydrogens (tertiary/aromatic N) is 6. The average Bonchev–Trinajstić information content (AvgIpc) is 3.30. The molecule has 3 aromatic heterocycles. The number of nitrogens with two attached hydrogens (primary N) is 1. The second-order valence-corrected chi connectivity index (χ2v) is 13.7. The van der Waals surface area contributed by atoms with E-state index in [9.17, 15) is 14.0 Å². The minimum atomic E-state index is -0.739. The second-order valence-electron chi connectivity index (χ2n) is 12.6. The quantitative estimate of drug-likeness (QED) is 0.312. The molecular weight excluding hydrogens is 570 g/mol. The standard InChI is InChI=1S/C31H32F2N8OS/c32-17-5-8-40(12-17)15-31(6-7-31)16-42-30-38-25-9-24(20-3-4-23(33)27-26(20)21(10-34)28(35)43-27)36-11-22(25)29(39-30)41-13-18-1-2-19(14-41)37-18/h3-4,9,11,17-19,37H,1-2,5-8,12-16,35H2/t17-,18?,19?/m1/s1. The number of thiophene rings is 1. The van der Waals surface area contributed by atoms with Gasteiger partial charge in [0.2, 0.25) is 0 Å². The Morgan fingerprint density at radius 3 is 2.70 bits per heavy atom. The van der Waals surface area contributed by atoms with Crippen LogP contribution in [0.3, 0.4) is 0 Å². The van der Waals surface area contributed by atoms with Crippen LogP contribution in [0.4, 0.5) is 19.6 Å². The number of nitriles is 1. The Hall–Kier alpha value is -3.66. The van der Waals surface area contributed by atoms with Crippen molar-refractivity contribution in [2.45, 2.75) is 50.4 Å². The SMILES string of the molecule is N#Cc1c(N)sc2c(F)ccc(-c3cc4nc(OCC5(CN6CC[C@@H](F)C6)CC5)nc(N5CC6CCC(C5)N6)c4cn3)c12. The van der Waals surface area contributed by atoms with Gasteiger partial charge in [-0.3, -0.25) is 9.88 Å². The molecule has 0 amide bonds. The number of ether oxygens (including phenoxy) is 1. The lowest BCUT2D eigenvalue weighted by Gasteiger charge is -2.34. The summed E-state index contributed by atoms with van der Waals surface area (Å²) in [7, 11) is 0. The van der Waals surface area contributed by atoms with Crippen LogP contribution in [-0.2, 0) is 0 Å². The molecule has 4 fully saturated rings. The molecule has 3 saturated heterocycles. The number of nitrogen functional groups attached to an aromatic ring is 1. The molecule has 1 aliphatic carbocycles. The summed E-state index contributed by atoms with van der Waals surface area (Å²) in [6, 6.07) is 8.17. The second kappa shape index (κ2) is 10.2. The molecule has 6 heterocycles. The number of aromatic nitrogens is 3. The summed E-state index contributed by atoms with van der Waals surface area (Å²) in [6.45, 7) is 4.28. The Balaban J connectivity index is 1.18. The minimum Gasteiger partial charge on any atom is -0.463 e. The largest absolute Gasteiger partial charge is 0.463 e. The van der Waals surface area contributed by atoms with E-state index in [4.69, 9.17) is 25.4 Å². The maximum Gasteiger partial charge on any atom is 0.318 e. The maximum atomic E-state index is 14.7. The molecule has 8 rings (SSSR count). The van der Waals surface area contributed by atoms with Crippen molar-refractivity contribution in [2.24, 2.45) is 5.41 Å². The fourth-order valence-corrected chi connectivity index (χ4v) is 8.02. The van der Waals surface area contributed by atoms with Crippen molar-refractivity contribution in [3.63, 3.8) is 0 Å². The molecule has 222 valence electrons. The van der Waals surface area contributed by atoms with Crippen LogP contribution in [0.25, 0.3) is 32.2 Å². The summed E-state index contributed by atoms with van der Waals surface area (Å²) in [5.74, 6) is 0.375. The molecular formula is C31H32F2N8OS. The van der Waals surface area contributed by atoms with Crippen molar-refractivity contribution in [1.29, 1.82) is 5.26 Å². The van der Waals surface area contributed by atoms with Gasteiger partial charge in [0.05, 0.1) is 33.5 Å². The number of benzene rings is 1. The molecule has 1 saturated carbocycles. The van der Waals surface area contributed by atoms with Crippen LogP contribution in [0.1, 0.15) is 37.7 Å². The monoisotopic (exact) mass is 602 g/mol. The highest BCUT2D eigenvalue weighted by molar-refractivity contribution is 7.23. The van der Waals surface area contributed by atoms with Crippen LogP contribution in [0.5, 0.6) is 6.01 Å². The van der Waals surface area contributed by atoms with Gasteiger partial charge in [-0.2, -0.15) is 15.2 Å². The van der Waals surface area contributed by atoms with Gasteiger partial charge in [0.1, 0.15) is 28.9 Å². The summed E-state index contributed by atoms with van der Waals surface area (Å²) >= 11 is 1.07. The van der Waals surface area contributed by atoms with Crippen molar-refractivity contribution >= 4 is 43.1 Å². The first-order valence-corrected chi connectivity index (χ1v) is 15.8. The molecule has 2 bridgehead atoms. The number of piperazine rings is 1. The molecule has 3 atom stereocenters. The Kier molecular flexibility index (Phi) is 6.40. The molecule has 3 N–H and O–H groups in total. The van der Waals surface area contributed by atoms with E-state index < -0.39 is 12.0 Å². The summed E-state index contributed by atoms with van der Waals surface area (Å²) in [5, 5.41) is 15.0. The first kappa shape index (κ1) is 26.9. The first-order chi connectivity index (χ1) is 20.9. The van der Waals surface area contributed by atoms with Crippen molar-refractivity contribution in [3.8, 4) is 23.3 Å². The van der Waals surface area contributed by atoms with E-state index >= 15 is 0 Å². The number of likely N-dealkylation sites (tertiary alicyclic amines) is 1. The number of hydrogen-bond donors (Lipinski definition) is 2. The van der Waals surface area contributed by atoms with E-state index in [1.54, 1.807) is 12.3 Å². The van der Waals surface area contributed by atoms with Gasteiger partial charge in [-0.1, -0.05) is 0 Å². The van der Waals surface area contributed by atoms with E-state index in [0.717, 1.165) is 74.4 Å². The van der Waals surface area contributed by atoms with Crippen LogP contribution >= 0.6 is 11.3 Å². The molecule has 0 spiro atoms. The lowest BCUT2D eigenvalue weighted by atomic mass is 10.0. The van der Waals surface area contributed by atoms with Gasteiger partial charge >= 0.3 is 6.01 Å². The Bertz CT molecular complexity index is 1770. The molecule has 4 aliphatic rings. The molecule has 2 unspecified atom stereocenters. The first-order valence-electron chi connectivity index (χ1n) is 15.0. The fraction of sp³-hybridized carbons (Fsp3) is 0.484. The summed E-state index contributed by atoms with van der Waals surface area (Å²) < 4.78 is 35.2. The molecule has 4 aromatic rings. The van der Waals surface area contributed by atoms with Crippen LogP contribution < -0.4 is 20.7 Å². The zero-order valence-corrected chi connectivity index (χ0v) is 24.5. The maximum absolute atomic E-state index is 14.7. The number of anilines is 2. The average molecular weight is 603 g/mol.